The molecule has 1 heterocycles. The van der Waals surface area contributed by atoms with Gasteiger partial charge in [-0.25, -0.2) is 8.78 Å². The minimum atomic E-state index is -0.629. The quantitative estimate of drug-likeness (QED) is 0.833. The van der Waals surface area contributed by atoms with Gasteiger partial charge in [-0.2, -0.15) is 0 Å². The van der Waals surface area contributed by atoms with E-state index in [9.17, 15) is 8.78 Å². The van der Waals surface area contributed by atoms with Crippen molar-refractivity contribution in [2.45, 2.75) is 25.8 Å². The summed E-state index contributed by atoms with van der Waals surface area (Å²) in [6, 6.07) is 1.76. The molecule has 1 atom stereocenters. The van der Waals surface area contributed by atoms with E-state index in [4.69, 9.17) is 11.6 Å². The van der Waals surface area contributed by atoms with Gasteiger partial charge in [0.1, 0.15) is 11.6 Å². The van der Waals surface area contributed by atoms with Gasteiger partial charge in [0.15, 0.2) is 0 Å². The third kappa shape index (κ3) is 3.98. The van der Waals surface area contributed by atoms with E-state index < -0.39 is 11.6 Å². The molecule has 0 radical (unpaired) electrons. The minimum Gasteiger partial charge on any atom is -0.310 e. The van der Waals surface area contributed by atoms with Crippen LogP contribution in [0.3, 0.4) is 0 Å². The lowest BCUT2D eigenvalue weighted by atomic mass is 10.0. The Hall–Kier alpha value is -1.53. The molecule has 0 aliphatic carbocycles. The van der Waals surface area contributed by atoms with Gasteiger partial charge < -0.3 is 5.32 Å². The molecular formula is C14H17ClF2N4. The standard InChI is InChI=1S/C14H17ClF2N4/c1-3-4-18-14(5-9-8-21(2)20-19-9)10-6-13(17)11(15)7-12(10)16/h6-8,14,18H,3-5H2,1-2H3. The first-order valence-electron chi connectivity index (χ1n) is 6.74. The third-order valence-corrected chi connectivity index (χ3v) is 3.41. The molecule has 1 unspecified atom stereocenters. The molecule has 0 aliphatic heterocycles. The monoisotopic (exact) mass is 314 g/mol. The van der Waals surface area contributed by atoms with Crippen molar-refractivity contribution in [1.29, 1.82) is 0 Å². The van der Waals surface area contributed by atoms with Crippen LogP contribution in [-0.4, -0.2) is 21.5 Å². The first kappa shape index (κ1) is 15.9. The van der Waals surface area contributed by atoms with Crippen LogP contribution in [0.15, 0.2) is 18.3 Å². The van der Waals surface area contributed by atoms with Crippen LogP contribution in [0.5, 0.6) is 0 Å². The molecule has 0 spiro atoms. The Morgan fingerprint density at radius 1 is 1.33 bits per heavy atom. The van der Waals surface area contributed by atoms with Gasteiger partial charge in [0.25, 0.3) is 0 Å². The Morgan fingerprint density at radius 3 is 2.71 bits per heavy atom. The summed E-state index contributed by atoms with van der Waals surface area (Å²) in [6.45, 7) is 2.69. The summed E-state index contributed by atoms with van der Waals surface area (Å²) in [7, 11) is 1.76. The number of hydrogen-bond donors (Lipinski definition) is 1. The Morgan fingerprint density at radius 2 is 2.10 bits per heavy atom. The van der Waals surface area contributed by atoms with Crippen LogP contribution in [0.2, 0.25) is 5.02 Å². The second-order valence-electron chi connectivity index (χ2n) is 4.88. The molecule has 0 fully saturated rings. The van der Waals surface area contributed by atoms with Crippen molar-refractivity contribution >= 4 is 11.6 Å². The van der Waals surface area contributed by atoms with Crippen LogP contribution in [0.1, 0.15) is 30.6 Å². The number of aromatic nitrogens is 3. The van der Waals surface area contributed by atoms with E-state index in [0.29, 0.717) is 18.7 Å². The zero-order valence-corrected chi connectivity index (χ0v) is 12.7. The first-order valence-corrected chi connectivity index (χ1v) is 7.12. The number of nitrogens with zero attached hydrogens (tertiary/aromatic N) is 3. The Bertz CT molecular complexity index is 615. The summed E-state index contributed by atoms with van der Waals surface area (Å²) in [5.41, 5.74) is 0.955. The summed E-state index contributed by atoms with van der Waals surface area (Å²) in [5, 5.41) is 10.8. The van der Waals surface area contributed by atoms with Gasteiger partial charge in [-0.15, -0.1) is 5.10 Å². The molecule has 2 aromatic rings. The largest absolute Gasteiger partial charge is 0.310 e. The topological polar surface area (TPSA) is 42.7 Å². The van der Waals surface area contributed by atoms with E-state index in [1.807, 2.05) is 6.92 Å². The lowest BCUT2D eigenvalue weighted by Crippen LogP contribution is -2.25. The second-order valence-corrected chi connectivity index (χ2v) is 5.29. The van der Waals surface area contributed by atoms with Crippen LogP contribution in [0, 0.1) is 11.6 Å². The average molecular weight is 315 g/mol. The fourth-order valence-corrected chi connectivity index (χ4v) is 2.26. The van der Waals surface area contributed by atoms with Gasteiger partial charge in [-0.1, -0.05) is 23.7 Å². The predicted octanol–water partition coefficient (Wildman–Crippen LogP) is 3.03. The SMILES string of the molecule is CCCNC(Cc1cn(C)nn1)c1cc(F)c(Cl)cc1F. The molecule has 7 heteroatoms. The summed E-state index contributed by atoms with van der Waals surface area (Å²) in [6.07, 6.45) is 3.06. The zero-order valence-electron chi connectivity index (χ0n) is 11.9. The molecule has 1 aromatic heterocycles. The van der Waals surface area contributed by atoms with E-state index in [-0.39, 0.29) is 16.6 Å². The van der Waals surface area contributed by atoms with E-state index in [0.717, 1.165) is 18.6 Å². The molecule has 4 nitrogen and oxygen atoms in total. The molecule has 0 aliphatic rings. The van der Waals surface area contributed by atoms with Gasteiger partial charge in [0.2, 0.25) is 0 Å². The van der Waals surface area contributed by atoms with E-state index in [1.165, 1.54) is 0 Å². The molecule has 0 bridgehead atoms. The molecule has 1 N–H and O–H groups in total. The van der Waals surface area contributed by atoms with Crippen molar-refractivity contribution < 1.29 is 8.78 Å². The van der Waals surface area contributed by atoms with Crippen LogP contribution in [0.25, 0.3) is 0 Å². The fourth-order valence-electron chi connectivity index (χ4n) is 2.11. The molecule has 21 heavy (non-hydrogen) atoms. The van der Waals surface area contributed by atoms with Crippen molar-refractivity contribution in [2.75, 3.05) is 6.54 Å². The highest BCUT2D eigenvalue weighted by Gasteiger charge is 2.19. The Labute approximate surface area is 127 Å². The van der Waals surface area contributed by atoms with Gasteiger partial charge in [-0.05, 0) is 25.1 Å². The molecule has 114 valence electrons. The van der Waals surface area contributed by atoms with E-state index >= 15 is 0 Å². The Kier molecular flexibility index (Phi) is 5.25. The average Bonchev–Trinajstić information content (AvgIpc) is 2.84. The third-order valence-electron chi connectivity index (χ3n) is 3.12. The predicted molar refractivity (Wildman–Crippen MR) is 77.1 cm³/mol. The van der Waals surface area contributed by atoms with Gasteiger partial charge in [0.05, 0.1) is 10.7 Å². The summed E-state index contributed by atoms with van der Waals surface area (Å²) in [4.78, 5) is 0. The number of hydrogen-bond acceptors (Lipinski definition) is 3. The van der Waals surface area contributed by atoms with Gasteiger partial charge >= 0.3 is 0 Å². The molecule has 2 rings (SSSR count). The van der Waals surface area contributed by atoms with Crippen LogP contribution in [0.4, 0.5) is 8.78 Å². The van der Waals surface area contributed by atoms with Gasteiger partial charge in [0, 0.05) is 31.3 Å². The molecule has 0 amide bonds. The van der Waals surface area contributed by atoms with Crippen LogP contribution < -0.4 is 5.32 Å². The first-order chi connectivity index (χ1) is 10.0. The number of benzene rings is 1. The van der Waals surface area contributed by atoms with Crippen LogP contribution in [-0.2, 0) is 13.5 Å². The molecular weight excluding hydrogens is 298 g/mol. The summed E-state index contributed by atoms with van der Waals surface area (Å²) >= 11 is 5.60. The lowest BCUT2D eigenvalue weighted by molar-refractivity contribution is 0.487. The lowest BCUT2D eigenvalue weighted by Gasteiger charge is -2.19. The summed E-state index contributed by atoms with van der Waals surface area (Å²) in [5.74, 6) is -1.16. The van der Waals surface area contributed by atoms with Crippen molar-refractivity contribution in [2.24, 2.45) is 7.05 Å². The smallest absolute Gasteiger partial charge is 0.142 e. The highest BCUT2D eigenvalue weighted by molar-refractivity contribution is 6.30. The molecule has 1 aromatic carbocycles. The Balaban J connectivity index is 2.28. The highest BCUT2D eigenvalue weighted by atomic mass is 35.5. The maximum atomic E-state index is 14.1. The van der Waals surface area contributed by atoms with Crippen LogP contribution >= 0.6 is 11.6 Å². The van der Waals surface area contributed by atoms with Crippen molar-refractivity contribution in [3.8, 4) is 0 Å². The molecule has 0 saturated heterocycles. The fraction of sp³-hybridized carbons (Fsp3) is 0.429. The number of halogens is 3. The maximum Gasteiger partial charge on any atom is 0.142 e. The minimum absolute atomic E-state index is 0.218. The summed E-state index contributed by atoms with van der Waals surface area (Å²) < 4.78 is 29.3. The number of rotatable bonds is 6. The number of aryl methyl sites for hydroxylation is 1. The normalized spacial score (nSPS) is 12.6. The zero-order chi connectivity index (χ0) is 15.4. The van der Waals surface area contributed by atoms with Crippen molar-refractivity contribution in [3.05, 3.63) is 46.2 Å². The van der Waals surface area contributed by atoms with E-state index in [1.54, 1.807) is 17.9 Å². The molecule has 0 saturated carbocycles. The van der Waals surface area contributed by atoms with Gasteiger partial charge in [-0.3, -0.25) is 4.68 Å². The van der Waals surface area contributed by atoms with Crippen molar-refractivity contribution in [1.82, 2.24) is 20.3 Å². The van der Waals surface area contributed by atoms with Crippen molar-refractivity contribution in [3.63, 3.8) is 0 Å². The number of nitrogens with one attached hydrogen (secondary N) is 1. The van der Waals surface area contributed by atoms with E-state index in [2.05, 4.69) is 15.6 Å². The second kappa shape index (κ2) is 6.95. The maximum absolute atomic E-state index is 14.1. The highest BCUT2D eigenvalue weighted by Crippen LogP contribution is 2.26.